The SMILES string of the molecule is CCn1cc(C(=O)NCCCCCC(=O)N2C[C@H](OP(OCCC#N)N(C(C)C)C(C)C)C[C@H]2C)c(=O)c2ccc(C)nc21. The summed E-state index contributed by atoms with van der Waals surface area (Å²) in [6.45, 7) is 16.2. The van der Waals surface area contributed by atoms with Crippen LogP contribution in [-0.4, -0.2) is 74.9 Å². The van der Waals surface area contributed by atoms with E-state index in [1.165, 1.54) is 0 Å². The van der Waals surface area contributed by atoms with Gasteiger partial charge in [-0.1, -0.05) is 6.42 Å². The monoisotopic (exact) mass is 628 g/mol. The molecule has 3 atom stereocenters. The number of nitrogens with one attached hydrogen (secondary N) is 1. The van der Waals surface area contributed by atoms with Crippen LogP contribution >= 0.6 is 8.53 Å². The zero-order chi connectivity index (χ0) is 32.4. The molecule has 1 N–H and O–H groups in total. The third-order valence-electron chi connectivity index (χ3n) is 7.76. The Morgan fingerprint density at radius 1 is 1.20 bits per heavy atom. The molecule has 3 heterocycles. The topological polar surface area (TPSA) is 130 Å². The van der Waals surface area contributed by atoms with Gasteiger partial charge in [0.05, 0.1) is 30.6 Å². The van der Waals surface area contributed by atoms with Crippen LogP contribution in [0.25, 0.3) is 11.0 Å². The molecule has 0 spiro atoms. The van der Waals surface area contributed by atoms with Crippen LogP contribution in [0.2, 0.25) is 0 Å². The molecular formula is C32H49N6O5P. The first kappa shape index (κ1) is 35.6. The van der Waals surface area contributed by atoms with Crippen LogP contribution in [-0.2, 0) is 20.4 Å². The van der Waals surface area contributed by atoms with Crippen molar-refractivity contribution in [2.75, 3.05) is 19.7 Å². The smallest absolute Gasteiger partial charge is 0.259 e. The molecular weight excluding hydrogens is 579 g/mol. The summed E-state index contributed by atoms with van der Waals surface area (Å²) in [7, 11) is -1.35. The Morgan fingerprint density at radius 2 is 1.93 bits per heavy atom. The Hall–Kier alpha value is -2.90. The van der Waals surface area contributed by atoms with Crippen LogP contribution in [0, 0.1) is 18.3 Å². The van der Waals surface area contributed by atoms with Gasteiger partial charge in [-0.05, 0) is 79.9 Å². The number of likely N-dealkylation sites (tertiary alicyclic amines) is 1. The van der Waals surface area contributed by atoms with E-state index in [0.717, 1.165) is 18.5 Å². The largest absolute Gasteiger partial charge is 0.352 e. The lowest BCUT2D eigenvalue weighted by atomic mass is 10.1. The van der Waals surface area contributed by atoms with Gasteiger partial charge < -0.3 is 23.8 Å². The molecule has 0 aliphatic carbocycles. The van der Waals surface area contributed by atoms with Gasteiger partial charge in [-0.15, -0.1) is 0 Å². The van der Waals surface area contributed by atoms with Crippen LogP contribution in [0.15, 0.2) is 23.1 Å². The number of hydrogen-bond acceptors (Lipinski definition) is 8. The molecule has 1 fully saturated rings. The van der Waals surface area contributed by atoms with Crippen LogP contribution < -0.4 is 10.7 Å². The van der Waals surface area contributed by atoms with E-state index < -0.39 is 14.4 Å². The third kappa shape index (κ3) is 9.31. The predicted octanol–water partition coefficient (Wildman–Crippen LogP) is 5.30. The minimum atomic E-state index is -1.35. The first-order valence-electron chi connectivity index (χ1n) is 15.8. The highest BCUT2D eigenvalue weighted by atomic mass is 31.2. The summed E-state index contributed by atoms with van der Waals surface area (Å²) < 4.78 is 16.5. The maximum absolute atomic E-state index is 13.1. The number of rotatable bonds is 16. The van der Waals surface area contributed by atoms with E-state index in [1.54, 1.807) is 18.3 Å². The summed E-state index contributed by atoms with van der Waals surface area (Å²) in [6.07, 6.45) is 5.15. The normalized spacial score (nSPS) is 17.5. The molecule has 12 heteroatoms. The number of fused-ring (bicyclic) bond motifs is 1. The Morgan fingerprint density at radius 3 is 2.59 bits per heavy atom. The Kier molecular flexibility index (Phi) is 13.7. The van der Waals surface area contributed by atoms with Crippen molar-refractivity contribution < 1.29 is 18.6 Å². The molecule has 242 valence electrons. The number of carbonyl (C=O) groups excluding carboxylic acids is 2. The Bertz CT molecular complexity index is 1370. The van der Waals surface area contributed by atoms with Gasteiger partial charge in [-0.2, -0.15) is 5.26 Å². The molecule has 0 bridgehead atoms. The summed E-state index contributed by atoms with van der Waals surface area (Å²) in [4.78, 5) is 45.3. The second kappa shape index (κ2) is 17.0. The van der Waals surface area contributed by atoms with Crippen molar-refractivity contribution in [3.05, 3.63) is 39.8 Å². The van der Waals surface area contributed by atoms with Crippen molar-refractivity contribution in [3.63, 3.8) is 0 Å². The third-order valence-corrected chi connectivity index (χ3v) is 9.94. The first-order valence-corrected chi connectivity index (χ1v) is 16.9. The summed E-state index contributed by atoms with van der Waals surface area (Å²) in [5.74, 6) is -0.287. The summed E-state index contributed by atoms with van der Waals surface area (Å²) in [6, 6.07) is 6.14. The minimum absolute atomic E-state index is 0.0718. The van der Waals surface area contributed by atoms with Crippen LogP contribution in [0.1, 0.15) is 96.1 Å². The quantitative estimate of drug-likeness (QED) is 0.196. The molecule has 1 aliphatic heterocycles. The zero-order valence-electron chi connectivity index (χ0n) is 27.3. The number of unbranched alkanes of at least 4 members (excludes halogenated alkanes) is 2. The van der Waals surface area contributed by atoms with Crippen LogP contribution in [0.5, 0.6) is 0 Å². The van der Waals surface area contributed by atoms with Gasteiger partial charge in [0.25, 0.3) is 14.4 Å². The summed E-state index contributed by atoms with van der Waals surface area (Å²) >= 11 is 0. The van der Waals surface area contributed by atoms with Crippen molar-refractivity contribution in [1.29, 1.82) is 5.26 Å². The van der Waals surface area contributed by atoms with Gasteiger partial charge in [-0.3, -0.25) is 14.4 Å². The minimum Gasteiger partial charge on any atom is -0.352 e. The average molecular weight is 629 g/mol. The van der Waals surface area contributed by atoms with E-state index in [9.17, 15) is 14.4 Å². The number of carbonyl (C=O) groups is 2. The fourth-order valence-electron chi connectivity index (χ4n) is 5.61. The van der Waals surface area contributed by atoms with Crippen molar-refractivity contribution in [2.45, 2.75) is 118 Å². The van der Waals surface area contributed by atoms with Crippen molar-refractivity contribution in [3.8, 4) is 6.07 Å². The lowest BCUT2D eigenvalue weighted by Crippen LogP contribution is -2.36. The highest BCUT2D eigenvalue weighted by Crippen LogP contribution is 2.48. The molecule has 1 unspecified atom stereocenters. The van der Waals surface area contributed by atoms with Crippen LogP contribution in [0.3, 0.4) is 0 Å². The molecule has 2 amide bonds. The molecule has 0 radical (unpaired) electrons. The number of aryl methyl sites for hydroxylation is 2. The molecule has 2 aromatic rings. The lowest BCUT2D eigenvalue weighted by molar-refractivity contribution is -0.132. The second-order valence-electron chi connectivity index (χ2n) is 12.0. The number of amides is 2. The average Bonchev–Trinajstić information content (AvgIpc) is 3.34. The van der Waals surface area contributed by atoms with E-state index >= 15 is 0 Å². The lowest BCUT2D eigenvalue weighted by Gasteiger charge is -2.36. The molecule has 1 saturated heterocycles. The highest BCUT2D eigenvalue weighted by molar-refractivity contribution is 7.44. The molecule has 11 nitrogen and oxygen atoms in total. The zero-order valence-corrected chi connectivity index (χ0v) is 28.2. The molecule has 3 rings (SSSR count). The predicted molar refractivity (Wildman–Crippen MR) is 173 cm³/mol. The summed E-state index contributed by atoms with van der Waals surface area (Å²) in [5, 5.41) is 12.3. The maximum atomic E-state index is 13.1. The number of aromatic nitrogens is 2. The maximum Gasteiger partial charge on any atom is 0.259 e. The van der Waals surface area contributed by atoms with Gasteiger partial charge in [0.15, 0.2) is 0 Å². The van der Waals surface area contributed by atoms with Gasteiger partial charge >= 0.3 is 0 Å². The summed E-state index contributed by atoms with van der Waals surface area (Å²) in [5.41, 5.74) is 1.20. The molecule has 1 aliphatic rings. The van der Waals surface area contributed by atoms with Gasteiger partial charge in [-0.25, -0.2) is 9.65 Å². The number of nitrogens with zero attached hydrogens (tertiary/aromatic N) is 5. The van der Waals surface area contributed by atoms with E-state index in [2.05, 4.69) is 55.7 Å². The van der Waals surface area contributed by atoms with Crippen LogP contribution in [0.4, 0.5) is 0 Å². The number of nitriles is 1. The first-order chi connectivity index (χ1) is 21.0. The van der Waals surface area contributed by atoms with Crippen molar-refractivity contribution >= 4 is 31.4 Å². The van der Waals surface area contributed by atoms with Crippen molar-refractivity contribution in [1.82, 2.24) is 24.4 Å². The van der Waals surface area contributed by atoms with E-state index in [0.29, 0.717) is 63.0 Å². The Labute approximate surface area is 262 Å². The second-order valence-corrected chi connectivity index (χ2v) is 13.4. The highest BCUT2D eigenvalue weighted by Gasteiger charge is 2.37. The van der Waals surface area contributed by atoms with Crippen molar-refractivity contribution in [2.24, 2.45) is 0 Å². The van der Waals surface area contributed by atoms with E-state index in [-0.39, 0.29) is 41.1 Å². The number of pyridine rings is 2. The number of hydrogen-bond donors (Lipinski definition) is 1. The van der Waals surface area contributed by atoms with Gasteiger partial charge in [0, 0.05) is 56.1 Å². The molecule has 0 aromatic carbocycles. The Balaban J connectivity index is 1.46. The van der Waals surface area contributed by atoms with E-state index in [4.69, 9.17) is 14.3 Å². The fraction of sp³-hybridized carbons (Fsp3) is 0.656. The van der Waals surface area contributed by atoms with Gasteiger partial charge in [0.2, 0.25) is 11.3 Å². The molecule has 0 saturated carbocycles. The van der Waals surface area contributed by atoms with Gasteiger partial charge in [0.1, 0.15) is 11.2 Å². The standard InChI is InChI=1S/C32H49N6O5P/c1-8-36-21-28(30(40)27-15-14-24(6)35-31(27)36)32(41)34-17-11-9-10-13-29(39)37-20-26(19-25(37)7)43-44(42-18-12-16-33)38(22(2)3)23(4)5/h14-15,21-23,25-26H,8-13,17-20H2,1-7H3,(H,34,41)/t25-,26-,44?/m1/s1. The van der Waals surface area contributed by atoms with E-state index in [1.807, 2.05) is 23.3 Å². The molecule has 2 aromatic heterocycles. The fourth-order valence-corrected chi connectivity index (χ4v) is 7.32. The molecule has 44 heavy (non-hydrogen) atoms.